The fourth-order valence-electron chi connectivity index (χ4n) is 3.97. The molecule has 0 unspecified atom stereocenters. The van der Waals surface area contributed by atoms with Crippen molar-refractivity contribution >= 4 is 17.8 Å². The average molecular weight is 368 g/mol. The van der Waals surface area contributed by atoms with Crippen molar-refractivity contribution in [2.45, 2.75) is 44.2 Å². The fraction of sp³-hybridized carbons (Fsp3) is 0.500. The van der Waals surface area contributed by atoms with Crippen molar-refractivity contribution in [1.29, 1.82) is 5.26 Å². The van der Waals surface area contributed by atoms with Gasteiger partial charge in [0.25, 0.3) is 5.91 Å². The number of likely N-dealkylation sites (N-methyl/N-ethyl adjacent to an activating group) is 2. The first-order valence-electron chi connectivity index (χ1n) is 9.22. The lowest BCUT2D eigenvalue weighted by molar-refractivity contribution is -0.140. The molecular weight excluding hydrogens is 344 g/mol. The Bertz CT molecular complexity index is 790. The van der Waals surface area contributed by atoms with Crippen LogP contribution in [0.4, 0.5) is 4.79 Å². The Labute approximate surface area is 159 Å². The van der Waals surface area contributed by atoms with Crippen LogP contribution in [0.5, 0.6) is 0 Å². The zero-order valence-corrected chi connectivity index (χ0v) is 15.8. The van der Waals surface area contributed by atoms with Crippen molar-refractivity contribution in [2.75, 3.05) is 20.6 Å². The number of nitriles is 1. The number of nitrogens with zero attached hydrogens (tertiary/aromatic N) is 4. The lowest BCUT2D eigenvalue weighted by atomic mass is 9.81. The topological polar surface area (TPSA) is 84.7 Å². The molecule has 142 valence electrons. The molecule has 2 aliphatic rings. The Morgan fingerprint density at radius 2 is 1.81 bits per heavy atom. The third-order valence-corrected chi connectivity index (χ3v) is 5.71. The average Bonchev–Trinajstić information content (AvgIpc) is 2.85. The first-order valence-corrected chi connectivity index (χ1v) is 9.22. The number of urea groups is 1. The summed E-state index contributed by atoms with van der Waals surface area (Å²) in [7, 11) is 3.31. The highest BCUT2D eigenvalue weighted by Gasteiger charge is 2.55. The van der Waals surface area contributed by atoms with Gasteiger partial charge in [-0.1, -0.05) is 31.4 Å². The SMILES string of the molecule is CN(Cc1ccc(C#N)cc1)C(=O)CN1C(=O)N(C)C2(CCCCC2)C1=O. The molecule has 1 saturated carbocycles. The van der Waals surface area contributed by atoms with Gasteiger partial charge in [-0.3, -0.25) is 14.5 Å². The van der Waals surface area contributed by atoms with Crippen LogP contribution in [0, 0.1) is 11.3 Å². The van der Waals surface area contributed by atoms with Crippen molar-refractivity contribution in [3.8, 4) is 6.07 Å². The van der Waals surface area contributed by atoms with Crippen molar-refractivity contribution in [3.05, 3.63) is 35.4 Å². The smallest absolute Gasteiger partial charge is 0.327 e. The molecule has 0 aromatic heterocycles. The van der Waals surface area contributed by atoms with Crippen molar-refractivity contribution in [1.82, 2.24) is 14.7 Å². The van der Waals surface area contributed by atoms with E-state index in [1.54, 1.807) is 38.4 Å². The fourth-order valence-corrected chi connectivity index (χ4v) is 3.97. The van der Waals surface area contributed by atoms with Crippen LogP contribution in [-0.4, -0.2) is 58.7 Å². The lowest BCUT2D eigenvalue weighted by Gasteiger charge is -2.35. The van der Waals surface area contributed by atoms with E-state index >= 15 is 0 Å². The van der Waals surface area contributed by atoms with Gasteiger partial charge >= 0.3 is 6.03 Å². The first-order chi connectivity index (χ1) is 12.9. The Hall–Kier alpha value is -2.88. The Morgan fingerprint density at radius 3 is 2.41 bits per heavy atom. The van der Waals surface area contributed by atoms with Crippen LogP contribution < -0.4 is 0 Å². The van der Waals surface area contributed by atoms with E-state index in [1.165, 1.54) is 9.80 Å². The van der Waals surface area contributed by atoms with E-state index in [0.717, 1.165) is 29.7 Å². The molecule has 7 nitrogen and oxygen atoms in total. The molecule has 27 heavy (non-hydrogen) atoms. The van der Waals surface area contributed by atoms with Crippen LogP contribution in [0.15, 0.2) is 24.3 Å². The van der Waals surface area contributed by atoms with E-state index < -0.39 is 5.54 Å². The van der Waals surface area contributed by atoms with E-state index in [-0.39, 0.29) is 24.4 Å². The van der Waals surface area contributed by atoms with Gasteiger partial charge in [0, 0.05) is 20.6 Å². The van der Waals surface area contributed by atoms with Gasteiger partial charge in [0.1, 0.15) is 12.1 Å². The third kappa shape index (κ3) is 3.39. The van der Waals surface area contributed by atoms with Crippen LogP contribution in [0.25, 0.3) is 0 Å². The second-order valence-corrected chi connectivity index (χ2v) is 7.38. The molecular formula is C20H24N4O3. The predicted octanol–water partition coefficient (Wildman–Crippen LogP) is 2.11. The molecule has 1 aromatic rings. The van der Waals surface area contributed by atoms with E-state index in [2.05, 4.69) is 6.07 Å². The van der Waals surface area contributed by atoms with Crippen LogP contribution in [0.2, 0.25) is 0 Å². The van der Waals surface area contributed by atoms with Gasteiger partial charge in [-0.2, -0.15) is 5.26 Å². The molecule has 3 rings (SSSR count). The van der Waals surface area contributed by atoms with Crippen molar-refractivity contribution in [2.24, 2.45) is 0 Å². The number of hydrogen-bond donors (Lipinski definition) is 0. The molecule has 1 aliphatic heterocycles. The van der Waals surface area contributed by atoms with E-state index in [1.807, 2.05) is 0 Å². The summed E-state index contributed by atoms with van der Waals surface area (Å²) in [5.74, 6) is -0.530. The van der Waals surface area contributed by atoms with Crippen LogP contribution in [0.1, 0.15) is 43.2 Å². The summed E-state index contributed by atoms with van der Waals surface area (Å²) in [4.78, 5) is 42.3. The monoisotopic (exact) mass is 368 g/mol. The highest BCUT2D eigenvalue weighted by Crippen LogP contribution is 2.39. The largest absolute Gasteiger partial charge is 0.340 e. The number of imide groups is 1. The second-order valence-electron chi connectivity index (χ2n) is 7.38. The number of amides is 4. The van der Waals surface area contributed by atoms with Gasteiger partial charge in [0.05, 0.1) is 11.6 Å². The van der Waals surface area contributed by atoms with Crippen LogP contribution in [-0.2, 0) is 16.1 Å². The summed E-state index contributed by atoms with van der Waals surface area (Å²) in [5, 5.41) is 8.85. The molecule has 1 aromatic carbocycles. The van der Waals surface area contributed by atoms with Gasteiger partial charge in [-0.05, 0) is 30.5 Å². The maximum atomic E-state index is 13.0. The molecule has 0 bridgehead atoms. The predicted molar refractivity (Wildman–Crippen MR) is 98.3 cm³/mol. The summed E-state index contributed by atoms with van der Waals surface area (Å²) in [6.45, 7) is 0.109. The summed E-state index contributed by atoms with van der Waals surface area (Å²) in [6, 6.07) is 8.64. The van der Waals surface area contributed by atoms with Crippen molar-refractivity contribution < 1.29 is 14.4 Å². The number of benzene rings is 1. The molecule has 2 fully saturated rings. The second kappa shape index (κ2) is 7.39. The molecule has 1 heterocycles. The van der Waals surface area contributed by atoms with Gasteiger partial charge in [0.2, 0.25) is 5.91 Å². The van der Waals surface area contributed by atoms with Crippen LogP contribution in [0.3, 0.4) is 0 Å². The highest BCUT2D eigenvalue weighted by atomic mass is 16.2. The molecule has 1 saturated heterocycles. The minimum Gasteiger partial charge on any atom is -0.340 e. The number of carbonyl (C=O) groups is 3. The summed E-state index contributed by atoms with van der Waals surface area (Å²) in [5.41, 5.74) is 0.674. The van der Waals surface area contributed by atoms with E-state index in [0.29, 0.717) is 24.9 Å². The molecule has 0 N–H and O–H groups in total. The first kappa shape index (κ1) is 18.9. The molecule has 0 radical (unpaired) electrons. The molecule has 1 spiro atoms. The Balaban J connectivity index is 1.66. The molecule has 7 heteroatoms. The molecule has 4 amide bonds. The maximum Gasteiger partial charge on any atom is 0.327 e. The number of rotatable bonds is 4. The quantitative estimate of drug-likeness (QED) is 0.762. The Kier molecular flexibility index (Phi) is 5.17. The number of hydrogen-bond acceptors (Lipinski definition) is 4. The molecule has 0 atom stereocenters. The molecule has 1 aliphatic carbocycles. The van der Waals surface area contributed by atoms with Gasteiger partial charge in [-0.25, -0.2) is 4.79 Å². The minimum atomic E-state index is -0.763. The minimum absolute atomic E-state index is 0.240. The van der Waals surface area contributed by atoms with Gasteiger partial charge < -0.3 is 9.80 Å². The zero-order valence-electron chi connectivity index (χ0n) is 15.8. The summed E-state index contributed by atoms with van der Waals surface area (Å²) in [6.07, 6.45) is 4.25. The summed E-state index contributed by atoms with van der Waals surface area (Å²) >= 11 is 0. The number of carbonyl (C=O) groups excluding carboxylic acids is 3. The zero-order chi connectivity index (χ0) is 19.6. The third-order valence-electron chi connectivity index (χ3n) is 5.71. The van der Waals surface area contributed by atoms with Gasteiger partial charge in [0.15, 0.2) is 0 Å². The van der Waals surface area contributed by atoms with Crippen LogP contribution >= 0.6 is 0 Å². The standard InChI is InChI=1S/C20H24N4O3/c1-22(13-16-8-6-15(12-21)7-9-16)17(25)14-24-18(26)20(23(2)19(24)27)10-4-3-5-11-20/h6-9H,3-5,10-11,13-14H2,1-2H3. The lowest BCUT2D eigenvalue weighted by Crippen LogP contribution is -2.49. The van der Waals surface area contributed by atoms with E-state index in [4.69, 9.17) is 5.26 Å². The van der Waals surface area contributed by atoms with Gasteiger partial charge in [-0.15, -0.1) is 0 Å². The van der Waals surface area contributed by atoms with E-state index in [9.17, 15) is 14.4 Å². The highest BCUT2D eigenvalue weighted by molar-refractivity contribution is 6.08. The summed E-state index contributed by atoms with van der Waals surface area (Å²) < 4.78 is 0. The van der Waals surface area contributed by atoms with Crippen molar-refractivity contribution in [3.63, 3.8) is 0 Å². The normalized spacial score (nSPS) is 18.7. The maximum absolute atomic E-state index is 13.0. The Morgan fingerprint density at radius 1 is 1.19 bits per heavy atom.